The molecule has 1 saturated heterocycles. The van der Waals surface area contributed by atoms with Gasteiger partial charge in [0.05, 0.1) is 16.7 Å². The molecule has 0 saturated carbocycles. The fourth-order valence-electron chi connectivity index (χ4n) is 3.83. The molecule has 28 heavy (non-hydrogen) atoms. The van der Waals surface area contributed by atoms with Crippen molar-refractivity contribution in [3.63, 3.8) is 0 Å². The third-order valence-electron chi connectivity index (χ3n) is 5.22. The molecule has 1 fully saturated rings. The molecule has 2 aliphatic heterocycles. The highest BCUT2D eigenvalue weighted by molar-refractivity contribution is 9.10. The first-order valence-electron chi connectivity index (χ1n) is 8.95. The van der Waals surface area contributed by atoms with E-state index < -0.39 is 10.0 Å². The van der Waals surface area contributed by atoms with Gasteiger partial charge in [0.2, 0.25) is 10.0 Å². The van der Waals surface area contributed by atoms with E-state index in [-0.39, 0.29) is 21.0 Å². The number of benzene rings is 2. The summed E-state index contributed by atoms with van der Waals surface area (Å²) in [5.41, 5.74) is 2.29. The second-order valence-electron chi connectivity index (χ2n) is 6.91. The zero-order valence-electron chi connectivity index (χ0n) is 14.9. The summed E-state index contributed by atoms with van der Waals surface area (Å²) >= 11 is 15.8. The minimum Gasteiger partial charge on any atom is -0.356 e. The van der Waals surface area contributed by atoms with Gasteiger partial charge >= 0.3 is 0 Å². The first-order valence-corrected chi connectivity index (χ1v) is 11.9. The molecule has 5 nitrogen and oxygen atoms in total. The molecule has 0 radical (unpaired) electrons. The molecule has 0 unspecified atom stereocenters. The highest BCUT2D eigenvalue weighted by Crippen LogP contribution is 2.35. The maximum Gasteiger partial charge on any atom is 0.246 e. The molecule has 2 heterocycles. The van der Waals surface area contributed by atoms with Crippen LogP contribution in [0.25, 0.3) is 0 Å². The summed E-state index contributed by atoms with van der Waals surface area (Å²) in [7, 11) is -3.73. The number of ether oxygens (including phenoxy) is 1. The van der Waals surface area contributed by atoms with Crippen LogP contribution in [0.4, 0.5) is 5.69 Å². The van der Waals surface area contributed by atoms with Crippen molar-refractivity contribution in [3.05, 3.63) is 56.5 Å². The van der Waals surface area contributed by atoms with E-state index in [1.807, 2.05) is 6.07 Å². The van der Waals surface area contributed by atoms with Gasteiger partial charge in [-0.2, -0.15) is 4.31 Å². The van der Waals surface area contributed by atoms with Gasteiger partial charge in [-0.3, -0.25) is 0 Å². The van der Waals surface area contributed by atoms with Crippen LogP contribution < -0.4 is 4.90 Å². The van der Waals surface area contributed by atoms with Crippen LogP contribution >= 0.6 is 39.1 Å². The molecule has 0 aliphatic carbocycles. The van der Waals surface area contributed by atoms with Gasteiger partial charge in [0.1, 0.15) is 11.6 Å². The van der Waals surface area contributed by atoms with Crippen LogP contribution in [0, 0.1) is 0 Å². The van der Waals surface area contributed by atoms with Gasteiger partial charge in [-0.25, -0.2) is 8.42 Å². The van der Waals surface area contributed by atoms with Crippen molar-refractivity contribution in [1.82, 2.24) is 4.31 Å². The second-order valence-corrected chi connectivity index (χ2v) is 10.5. The number of fused-ring (bicyclic) bond motifs is 1. The largest absolute Gasteiger partial charge is 0.356 e. The van der Waals surface area contributed by atoms with E-state index >= 15 is 0 Å². The van der Waals surface area contributed by atoms with Crippen molar-refractivity contribution in [2.45, 2.75) is 30.4 Å². The summed E-state index contributed by atoms with van der Waals surface area (Å²) in [6.45, 7) is 1.93. The van der Waals surface area contributed by atoms with Crippen molar-refractivity contribution < 1.29 is 13.2 Å². The maximum absolute atomic E-state index is 13.1. The lowest BCUT2D eigenvalue weighted by Crippen LogP contribution is -2.48. The van der Waals surface area contributed by atoms with E-state index in [1.54, 1.807) is 18.2 Å². The molecule has 150 valence electrons. The Labute approximate surface area is 183 Å². The van der Waals surface area contributed by atoms with Gasteiger partial charge in [-0.1, -0.05) is 45.2 Å². The summed E-state index contributed by atoms with van der Waals surface area (Å²) in [5, 5.41) is 0.303. The number of hydrogen-bond donors (Lipinski definition) is 0. The molecule has 0 N–H and O–H groups in total. The molecule has 2 aromatic carbocycles. The van der Waals surface area contributed by atoms with Crippen molar-refractivity contribution in [2.24, 2.45) is 0 Å². The Morgan fingerprint density at radius 2 is 1.75 bits per heavy atom. The third-order valence-corrected chi connectivity index (χ3v) is 8.57. The fourth-order valence-corrected chi connectivity index (χ4v) is 6.80. The molecule has 2 aromatic rings. The zero-order valence-corrected chi connectivity index (χ0v) is 18.9. The number of sulfonamides is 1. The van der Waals surface area contributed by atoms with Crippen LogP contribution in [0.5, 0.6) is 0 Å². The van der Waals surface area contributed by atoms with E-state index in [1.165, 1.54) is 4.31 Å². The average Bonchev–Trinajstić information content (AvgIpc) is 2.67. The van der Waals surface area contributed by atoms with E-state index in [2.05, 4.69) is 33.0 Å². The van der Waals surface area contributed by atoms with Gasteiger partial charge < -0.3 is 9.64 Å². The number of nitrogens with zero attached hydrogens (tertiary/aromatic N) is 2. The van der Waals surface area contributed by atoms with Gasteiger partial charge in [-0.15, -0.1) is 0 Å². The molecule has 0 spiro atoms. The van der Waals surface area contributed by atoms with Crippen LogP contribution in [0.15, 0.2) is 45.8 Å². The van der Waals surface area contributed by atoms with E-state index in [0.717, 1.165) is 15.7 Å². The molecular weight excluding hydrogens is 487 g/mol. The first-order chi connectivity index (χ1) is 13.4. The zero-order chi connectivity index (χ0) is 19.9. The van der Waals surface area contributed by atoms with Crippen molar-refractivity contribution in [2.75, 3.05) is 24.7 Å². The molecule has 2 aliphatic rings. The SMILES string of the molecule is O=S(=O)(c1c(Cl)cccc1Cl)N1CCC(N2COCc3cc(Br)ccc32)CC1. The number of piperidine rings is 1. The molecular formula is C19H19BrCl2N2O3S. The average molecular weight is 506 g/mol. The lowest BCUT2D eigenvalue weighted by molar-refractivity contribution is 0.0987. The third kappa shape index (κ3) is 3.80. The van der Waals surface area contributed by atoms with Crippen LogP contribution in [0.2, 0.25) is 10.0 Å². The quantitative estimate of drug-likeness (QED) is 0.595. The Morgan fingerprint density at radius 3 is 2.43 bits per heavy atom. The van der Waals surface area contributed by atoms with Crippen LogP contribution in [-0.4, -0.2) is 38.6 Å². The molecule has 9 heteroatoms. The number of hydrogen-bond acceptors (Lipinski definition) is 4. The smallest absolute Gasteiger partial charge is 0.246 e. The summed E-state index contributed by atoms with van der Waals surface area (Å²) < 4.78 is 34.4. The summed E-state index contributed by atoms with van der Waals surface area (Å²) in [6.07, 6.45) is 1.42. The van der Waals surface area contributed by atoms with Crippen molar-refractivity contribution in [3.8, 4) is 0 Å². The Bertz CT molecular complexity index is 974. The molecule has 0 bridgehead atoms. The van der Waals surface area contributed by atoms with Crippen LogP contribution in [0.1, 0.15) is 18.4 Å². The summed E-state index contributed by atoms with van der Waals surface area (Å²) in [6, 6.07) is 11.1. The van der Waals surface area contributed by atoms with Crippen LogP contribution in [-0.2, 0) is 21.4 Å². The van der Waals surface area contributed by atoms with Gasteiger partial charge in [0.25, 0.3) is 0 Å². The summed E-state index contributed by atoms with van der Waals surface area (Å²) in [4.78, 5) is 2.23. The first kappa shape index (κ1) is 20.4. The number of halogens is 3. The van der Waals surface area contributed by atoms with Crippen LogP contribution in [0.3, 0.4) is 0 Å². The topological polar surface area (TPSA) is 49.9 Å². The van der Waals surface area contributed by atoms with E-state index in [9.17, 15) is 8.42 Å². The Balaban J connectivity index is 1.52. The van der Waals surface area contributed by atoms with Crippen molar-refractivity contribution >= 4 is 54.8 Å². The lowest BCUT2D eigenvalue weighted by atomic mass is 10.0. The van der Waals surface area contributed by atoms with Gasteiger partial charge in [0, 0.05) is 34.9 Å². The van der Waals surface area contributed by atoms with E-state index in [0.29, 0.717) is 39.3 Å². The van der Waals surface area contributed by atoms with E-state index in [4.69, 9.17) is 27.9 Å². The molecule has 4 rings (SSSR count). The maximum atomic E-state index is 13.1. The molecule has 0 amide bonds. The predicted octanol–water partition coefficient (Wildman–Crippen LogP) is 4.90. The Hall–Kier alpha value is -0.830. The fraction of sp³-hybridized carbons (Fsp3) is 0.368. The summed E-state index contributed by atoms with van der Waals surface area (Å²) in [5.74, 6) is 0. The lowest BCUT2D eigenvalue weighted by Gasteiger charge is -2.41. The molecule has 0 atom stereocenters. The highest BCUT2D eigenvalue weighted by Gasteiger charge is 2.35. The predicted molar refractivity (Wildman–Crippen MR) is 115 cm³/mol. The number of rotatable bonds is 3. The standard InChI is InChI=1S/C19H19BrCl2N2O3S/c20-14-4-5-18-13(10-14)11-27-12-24(18)15-6-8-23(9-7-15)28(25,26)19-16(21)2-1-3-17(19)22/h1-5,10,15H,6-9,11-12H2. The number of anilines is 1. The monoisotopic (exact) mass is 504 g/mol. The minimum absolute atomic E-state index is 0.00622. The van der Waals surface area contributed by atoms with Gasteiger partial charge in [-0.05, 0) is 43.2 Å². The normalized spacial score (nSPS) is 18.9. The molecule has 0 aromatic heterocycles. The Morgan fingerprint density at radius 1 is 1.07 bits per heavy atom. The Kier molecular flexibility index (Phi) is 5.93. The highest BCUT2D eigenvalue weighted by atomic mass is 79.9. The van der Waals surface area contributed by atoms with Gasteiger partial charge in [0.15, 0.2) is 0 Å². The second kappa shape index (κ2) is 8.13. The van der Waals surface area contributed by atoms with Crippen molar-refractivity contribution in [1.29, 1.82) is 0 Å². The minimum atomic E-state index is -3.73.